The molecule has 0 spiro atoms. The van der Waals surface area contributed by atoms with Crippen LogP contribution in [-0.4, -0.2) is 117 Å². The van der Waals surface area contributed by atoms with Crippen molar-refractivity contribution < 1.29 is 32.9 Å². The van der Waals surface area contributed by atoms with E-state index in [4.69, 9.17) is 15.9 Å². The maximum atomic E-state index is 13.3. The molecule has 19 nitrogen and oxygen atoms in total. The van der Waals surface area contributed by atoms with Crippen molar-refractivity contribution in [2.45, 2.75) is 127 Å². The quantitative estimate of drug-likeness (QED) is 0.0601. The van der Waals surface area contributed by atoms with Crippen molar-refractivity contribution in [2.24, 2.45) is 11.3 Å². The van der Waals surface area contributed by atoms with Crippen LogP contribution in [0.1, 0.15) is 119 Å². The summed E-state index contributed by atoms with van der Waals surface area (Å²) in [5.41, 5.74) is 7.97. The smallest absolute Gasteiger partial charge is 0.229 e. The largest absolute Gasteiger partial charge is 0.492 e. The first kappa shape index (κ1) is 61.5. The van der Waals surface area contributed by atoms with Gasteiger partial charge in [0.15, 0.2) is 21.3 Å². The number of nitrogens with zero attached hydrogens (tertiary/aromatic N) is 9. The summed E-state index contributed by atoms with van der Waals surface area (Å²) in [6.07, 6.45) is 24.2. The molecule has 11 aromatic rings. The number of hydrogen-bond acceptors (Lipinski definition) is 15. The Balaban J connectivity index is 0.000000124. The molecule has 2 bridgehead atoms. The Hall–Kier alpha value is -8.97. The van der Waals surface area contributed by atoms with Crippen molar-refractivity contribution in [3.8, 4) is 29.4 Å². The van der Waals surface area contributed by atoms with Gasteiger partial charge in [-0.3, -0.25) is 14.4 Å². The van der Waals surface area contributed by atoms with Gasteiger partial charge in [0.2, 0.25) is 5.95 Å². The van der Waals surface area contributed by atoms with E-state index in [1.54, 1.807) is 30.7 Å². The second kappa shape index (κ2) is 24.5. The Bertz CT molecular complexity index is 4810. The van der Waals surface area contributed by atoms with Crippen molar-refractivity contribution >= 4 is 93.4 Å². The van der Waals surface area contributed by atoms with E-state index in [0.29, 0.717) is 53.8 Å². The maximum absolute atomic E-state index is 13.3. The molecule has 3 aliphatic heterocycles. The van der Waals surface area contributed by atoms with Crippen LogP contribution >= 0.6 is 0 Å². The molecule has 20 heteroatoms. The van der Waals surface area contributed by atoms with E-state index in [2.05, 4.69) is 85.0 Å². The first-order valence-corrected chi connectivity index (χ1v) is 34.0. The Morgan fingerprint density at radius 3 is 2.37 bits per heavy atom. The van der Waals surface area contributed by atoms with Crippen molar-refractivity contribution in [2.75, 3.05) is 49.2 Å². The van der Waals surface area contributed by atoms with Crippen LogP contribution < -0.4 is 15.4 Å². The minimum atomic E-state index is -3.40. The zero-order chi connectivity index (χ0) is 64.4. The Morgan fingerprint density at radius 2 is 1.61 bits per heavy atom. The number of terminal acetylenes is 1. The van der Waals surface area contributed by atoms with E-state index >= 15 is 0 Å². The molecule has 0 radical (unpaired) electrons. The highest BCUT2D eigenvalue weighted by Crippen LogP contribution is 2.58. The number of ether oxygens (including phenoxy) is 2. The van der Waals surface area contributed by atoms with Gasteiger partial charge in [0.05, 0.1) is 57.3 Å². The summed E-state index contributed by atoms with van der Waals surface area (Å²) in [5, 5.41) is 38.4. The molecule has 478 valence electrons. The topological polar surface area (TPSA) is 232 Å². The van der Waals surface area contributed by atoms with Gasteiger partial charge in [-0.2, -0.15) is 10.1 Å². The molecular formula is C73H78N12O7S. The molecule has 5 aromatic carbocycles. The number of sulfone groups is 1. The summed E-state index contributed by atoms with van der Waals surface area (Å²) in [6.45, 7) is 13.1. The number of benzene rings is 5. The van der Waals surface area contributed by atoms with Crippen molar-refractivity contribution in [1.29, 1.82) is 0 Å². The molecule has 4 atom stereocenters. The Kier molecular flexibility index (Phi) is 16.2. The molecule has 5 aliphatic rings. The fourth-order valence-corrected chi connectivity index (χ4v) is 16.8. The van der Waals surface area contributed by atoms with Gasteiger partial charge in [0.25, 0.3) is 0 Å². The summed E-state index contributed by atoms with van der Waals surface area (Å²) in [4.78, 5) is 36.8. The normalized spacial score (nSPS) is 19.8. The lowest BCUT2D eigenvalue weighted by atomic mass is 9.89. The van der Waals surface area contributed by atoms with Crippen LogP contribution in [0.25, 0.3) is 65.9 Å². The second-order valence-electron chi connectivity index (χ2n) is 26.8. The highest BCUT2D eigenvalue weighted by atomic mass is 32.2. The van der Waals surface area contributed by atoms with Gasteiger partial charge < -0.3 is 44.4 Å². The molecular weight excluding hydrogens is 1190 g/mol. The number of aliphatic hydroxyl groups excluding tert-OH is 1. The molecule has 93 heavy (non-hydrogen) atoms. The lowest BCUT2D eigenvalue weighted by molar-refractivity contribution is -0.189. The number of nitrogens with one attached hydrogen (secondary N) is 3. The van der Waals surface area contributed by atoms with E-state index < -0.39 is 34.0 Å². The number of Topliss-reactive ketones (excluding diaryl/α,β-unsaturated/α-hetero) is 1. The molecule has 3 fully saturated rings. The number of rotatable bonds is 15. The molecule has 0 amide bonds. The van der Waals surface area contributed by atoms with E-state index in [0.717, 1.165) is 107 Å². The second-order valence-corrected chi connectivity index (χ2v) is 28.8. The SMILES string of the molecule is C#CCC(C1CCCC1)n1cc(-c2ncnc3[nH]ccc23)cn1.C[C@]12O[C@H](C[C@]1(O)CO)n1c3ccccc3c3c4c(c5c6ccccc6n2c5c31)CCC4=O.Cc1cnc(Nc2ccc(OCCN3CCCC3)cc2)nc1Nc1cccc(S(=O)(=O)CC(C)(C)C)c1. The summed E-state index contributed by atoms with van der Waals surface area (Å²) in [7, 11) is -3.40. The first-order valence-electron chi connectivity index (χ1n) is 32.4. The van der Waals surface area contributed by atoms with Gasteiger partial charge in [-0.1, -0.05) is 76.1 Å². The molecule has 9 heterocycles. The molecule has 16 rings (SSSR count). The van der Waals surface area contributed by atoms with Gasteiger partial charge in [0.1, 0.15) is 42.0 Å². The van der Waals surface area contributed by atoms with Crippen LogP contribution in [0.3, 0.4) is 0 Å². The number of aromatic amines is 1. The number of ketones is 1. The predicted molar refractivity (Wildman–Crippen MR) is 364 cm³/mol. The van der Waals surface area contributed by atoms with E-state index in [9.17, 15) is 23.4 Å². The minimum absolute atomic E-state index is 0.0757. The Labute approximate surface area is 540 Å². The van der Waals surface area contributed by atoms with Gasteiger partial charge >= 0.3 is 0 Å². The van der Waals surface area contributed by atoms with Gasteiger partial charge in [-0.15, -0.1) is 12.3 Å². The number of carbonyl (C=O) groups is 1. The number of hydrogen-bond donors (Lipinski definition) is 5. The van der Waals surface area contributed by atoms with Crippen molar-refractivity contribution in [3.05, 3.63) is 151 Å². The molecule has 6 aromatic heterocycles. The van der Waals surface area contributed by atoms with Crippen LogP contribution in [0.4, 0.5) is 23.1 Å². The molecule has 2 aliphatic carbocycles. The number of para-hydroxylation sites is 2. The average molecular weight is 1270 g/mol. The number of fused-ring (bicyclic) bond motifs is 14. The zero-order valence-corrected chi connectivity index (χ0v) is 54.0. The monoisotopic (exact) mass is 1270 g/mol. The number of carbonyl (C=O) groups excluding carboxylic acids is 1. The highest BCUT2D eigenvalue weighted by molar-refractivity contribution is 7.91. The lowest BCUT2D eigenvalue weighted by Crippen LogP contribution is -2.53. The lowest BCUT2D eigenvalue weighted by Gasteiger charge is -2.38. The third kappa shape index (κ3) is 11.4. The molecule has 1 saturated carbocycles. The molecule has 2 saturated heterocycles. The number of aryl methyl sites for hydroxylation is 2. The molecule has 5 N–H and O–H groups in total. The van der Waals surface area contributed by atoms with Crippen LogP contribution in [0.2, 0.25) is 0 Å². The van der Waals surface area contributed by atoms with E-state index in [1.807, 2.05) is 118 Å². The van der Waals surface area contributed by atoms with Crippen LogP contribution in [0.15, 0.2) is 139 Å². The van der Waals surface area contributed by atoms with E-state index in [1.165, 1.54) is 51.6 Å². The summed E-state index contributed by atoms with van der Waals surface area (Å²) in [6, 6.07) is 33.1. The molecule has 1 unspecified atom stereocenters. The third-order valence-electron chi connectivity index (χ3n) is 19.3. The number of likely N-dealkylation sites (tertiary alicyclic amines) is 1. The standard InChI is InChI=1S/C28H37N5O3S.C27H22N2O4.C18H19N5/c1-21-19-29-27(31-22-10-12-24(13-11-22)36-17-16-33-14-5-6-15-33)32-26(21)30-23-8-7-9-25(18-23)37(34,35)20-28(2,3)4;1-26-27(32,13-30)12-20(33-26)28-17-8-4-2-6-14(17)23-22-16(10-11-19(22)31)21-15-7-3-5-9-18(15)29(26)25(21)24(23)28;1-2-5-16(13-6-3-4-7-13)23-11-14(10-22-23)17-15-8-9-19-18(15)21-12-20-17/h7-13,18-19H,5-6,14-17,20H2,1-4H3,(H2,29,30,31,32);2-9,20,30,32H,10-13H2,1H3;1,8-13,16H,3-7H2,(H,19,20,21)/t;20-,26+,27+;/m.1./s1. The number of aliphatic hydroxyl groups is 2. The van der Waals surface area contributed by atoms with Gasteiger partial charge in [-0.05, 0) is 137 Å². The summed E-state index contributed by atoms with van der Waals surface area (Å²) < 4.78 is 44.6. The number of anilines is 4. The Morgan fingerprint density at radius 1 is 0.860 bits per heavy atom. The van der Waals surface area contributed by atoms with E-state index in [-0.39, 0.29) is 23.4 Å². The van der Waals surface area contributed by atoms with Crippen LogP contribution in [-0.2, 0) is 26.7 Å². The van der Waals surface area contributed by atoms with Gasteiger partial charge in [-0.25, -0.2) is 23.4 Å². The minimum Gasteiger partial charge on any atom is -0.492 e. The maximum Gasteiger partial charge on any atom is 0.229 e. The fraction of sp³-hybridized carbons (Fsp3) is 0.370. The van der Waals surface area contributed by atoms with Gasteiger partial charge in [0, 0.05) is 99.4 Å². The van der Waals surface area contributed by atoms with Crippen molar-refractivity contribution in [1.82, 2.24) is 48.7 Å². The van der Waals surface area contributed by atoms with Crippen molar-refractivity contribution in [3.63, 3.8) is 0 Å². The van der Waals surface area contributed by atoms with Crippen LogP contribution in [0, 0.1) is 30.6 Å². The number of H-pyrrole nitrogens is 1. The van der Waals surface area contributed by atoms with Crippen LogP contribution in [0.5, 0.6) is 5.75 Å². The highest BCUT2D eigenvalue weighted by Gasteiger charge is 2.61. The zero-order valence-electron chi connectivity index (χ0n) is 53.2. The first-order chi connectivity index (χ1) is 44.9. The fourth-order valence-electron chi connectivity index (χ4n) is 14.9. The summed E-state index contributed by atoms with van der Waals surface area (Å²) in [5.74, 6) is 5.60. The predicted octanol–water partition coefficient (Wildman–Crippen LogP) is 13.5. The summed E-state index contributed by atoms with van der Waals surface area (Å²) >= 11 is 0. The number of aromatic nitrogens is 9. The third-order valence-corrected chi connectivity index (χ3v) is 21.6. The average Bonchev–Trinajstić information content (AvgIpc) is 1.49.